The van der Waals surface area contributed by atoms with Gasteiger partial charge in [-0.3, -0.25) is 9.59 Å². The maximum atomic E-state index is 13.6. The van der Waals surface area contributed by atoms with E-state index in [1.54, 1.807) is 6.07 Å². The van der Waals surface area contributed by atoms with Gasteiger partial charge in [0.25, 0.3) is 5.91 Å². The Balaban J connectivity index is 1.48. The van der Waals surface area contributed by atoms with Crippen LogP contribution >= 0.6 is 0 Å². The summed E-state index contributed by atoms with van der Waals surface area (Å²) in [5.41, 5.74) is 3.72. The van der Waals surface area contributed by atoms with E-state index in [1.165, 1.54) is 30.4 Å². The number of rotatable bonds is 6. The second-order valence-electron chi connectivity index (χ2n) is 6.19. The van der Waals surface area contributed by atoms with Crippen LogP contribution in [-0.4, -0.2) is 25.6 Å². The summed E-state index contributed by atoms with van der Waals surface area (Å²) in [5, 5.41) is 2.72. The molecule has 1 amide bonds. The van der Waals surface area contributed by atoms with Crippen LogP contribution in [-0.2, 0) is 33.6 Å². The number of halogens is 1. The van der Waals surface area contributed by atoms with Crippen molar-refractivity contribution in [1.82, 2.24) is 0 Å². The minimum absolute atomic E-state index is 0.107. The van der Waals surface area contributed by atoms with Crippen molar-refractivity contribution in [3.05, 3.63) is 58.9 Å². The third kappa shape index (κ3) is 4.39. The van der Waals surface area contributed by atoms with Crippen LogP contribution in [0.3, 0.4) is 0 Å². The summed E-state index contributed by atoms with van der Waals surface area (Å²) >= 11 is 0. The van der Waals surface area contributed by atoms with E-state index in [0.717, 1.165) is 19.3 Å². The van der Waals surface area contributed by atoms with Gasteiger partial charge in [-0.05, 0) is 60.2 Å². The zero-order valence-corrected chi connectivity index (χ0v) is 14.5. The first-order chi connectivity index (χ1) is 12.5. The van der Waals surface area contributed by atoms with Gasteiger partial charge in [-0.25, -0.2) is 4.39 Å². The van der Waals surface area contributed by atoms with Gasteiger partial charge in [0.1, 0.15) is 0 Å². The Kier molecular flexibility index (Phi) is 5.51. The number of methoxy groups -OCH3 is 1. The summed E-state index contributed by atoms with van der Waals surface area (Å²) in [6.45, 7) is -0.380. The molecule has 0 fully saturated rings. The van der Waals surface area contributed by atoms with Crippen molar-refractivity contribution in [3.63, 3.8) is 0 Å². The molecule has 0 saturated carbocycles. The summed E-state index contributed by atoms with van der Waals surface area (Å²) in [6, 6.07) is 10.1. The largest absolute Gasteiger partial charge is 0.494 e. The lowest BCUT2D eigenvalue weighted by molar-refractivity contribution is -0.146. The highest BCUT2D eigenvalue weighted by Gasteiger charge is 2.13. The quantitative estimate of drug-likeness (QED) is 0.807. The maximum Gasteiger partial charge on any atom is 0.310 e. The molecule has 0 spiro atoms. The van der Waals surface area contributed by atoms with Gasteiger partial charge in [0.2, 0.25) is 0 Å². The minimum atomic E-state index is -0.598. The molecule has 1 N–H and O–H groups in total. The highest BCUT2D eigenvalue weighted by molar-refractivity contribution is 5.93. The number of ether oxygens (including phenoxy) is 2. The lowest BCUT2D eigenvalue weighted by atomic mass is 10.1. The fourth-order valence-corrected chi connectivity index (χ4v) is 3.03. The van der Waals surface area contributed by atoms with Gasteiger partial charge in [-0.15, -0.1) is 0 Å². The zero-order valence-electron chi connectivity index (χ0n) is 14.5. The molecular formula is C20H20FNO4. The average Bonchev–Trinajstić information content (AvgIpc) is 3.08. The Morgan fingerprint density at radius 3 is 2.69 bits per heavy atom. The first-order valence-corrected chi connectivity index (χ1v) is 8.45. The van der Waals surface area contributed by atoms with Crippen LogP contribution in [0.4, 0.5) is 10.1 Å². The molecule has 136 valence electrons. The second kappa shape index (κ2) is 7.99. The molecule has 0 heterocycles. The molecule has 6 heteroatoms. The van der Waals surface area contributed by atoms with Crippen molar-refractivity contribution in [2.45, 2.75) is 25.7 Å². The van der Waals surface area contributed by atoms with Crippen LogP contribution in [0.2, 0.25) is 0 Å². The van der Waals surface area contributed by atoms with E-state index in [0.29, 0.717) is 11.3 Å². The molecule has 0 aromatic heterocycles. The Labute approximate surface area is 151 Å². The highest BCUT2D eigenvalue weighted by atomic mass is 19.1. The molecule has 5 nitrogen and oxygen atoms in total. The smallest absolute Gasteiger partial charge is 0.310 e. The minimum Gasteiger partial charge on any atom is -0.494 e. The number of fused-ring (bicyclic) bond motifs is 1. The number of benzene rings is 2. The second-order valence-corrected chi connectivity index (χ2v) is 6.19. The molecule has 0 radical (unpaired) electrons. The van der Waals surface area contributed by atoms with Crippen molar-refractivity contribution in [2.75, 3.05) is 19.0 Å². The highest BCUT2D eigenvalue weighted by Crippen LogP contribution is 2.24. The fourth-order valence-electron chi connectivity index (χ4n) is 3.03. The third-order valence-corrected chi connectivity index (χ3v) is 4.31. The van der Waals surface area contributed by atoms with Crippen LogP contribution in [0.1, 0.15) is 23.1 Å². The van der Waals surface area contributed by atoms with Crippen LogP contribution in [0.15, 0.2) is 36.4 Å². The number of nitrogens with one attached hydrogen (secondary N) is 1. The summed E-state index contributed by atoms with van der Waals surface area (Å²) in [6.07, 6.45) is 3.11. The Bertz CT molecular complexity index is 835. The summed E-state index contributed by atoms with van der Waals surface area (Å²) in [4.78, 5) is 23.8. The number of hydrogen-bond donors (Lipinski definition) is 1. The van der Waals surface area contributed by atoms with Gasteiger partial charge >= 0.3 is 5.97 Å². The predicted octanol–water partition coefficient (Wildman–Crippen LogP) is 3.05. The number of carbonyl (C=O) groups excluding carboxylic acids is 2. The lowest BCUT2D eigenvalue weighted by Gasteiger charge is -2.09. The Hall–Kier alpha value is -2.89. The first kappa shape index (κ1) is 17.9. The number of amides is 1. The number of hydrogen-bond acceptors (Lipinski definition) is 4. The molecule has 0 bridgehead atoms. The fraction of sp³-hybridized carbons (Fsp3) is 0.300. The predicted molar refractivity (Wildman–Crippen MR) is 94.7 cm³/mol. The van der Waals surface area contributed by atoms with Crippen LogP contribution < -0.4 is 10.1 Å². The van der Waals surface area contributed by atoms with E-state index in [9.17, 15) is 14.0 Å². The molecule has 0 atom stereocenters. The molecule has 2 aromatic rings. The number of aryl methyl sites for hydroxylation is 2. The van der Waals surface area contributed by atoms with Gasteiger partial charge in [0.05, 0.1) is 13.5 Å². The standard InChI is InChI=1S/C20H20FNO4/c1-25-18-8-5-13(9-17(18)21)10-20(24)26-12-19(23)22-16-7-6-14-3-2-4-15(14)11-16/h5-9,11H,2-4,10,12H2,1H3,(H,22,23). The lowest BCUT2D eigenvalue weighted by Crippen LogP contribution is -2.21. The summed E-state index contributed by atoms with van der Waals surface area (Å²) < 4.78 is 23.4. The van der Waals surface area contributed by atoms with E-state index in [4.69, 9.17) is 9.47 Å². The van der Waals surface area contributed by atoms with E-state index < -0.39 is 17.7 Å². The van der Waals surface area contributed by atoms with Crippen LogP contribution in [0.5, 0.6) is 5.75 Å². The molecule has 3 rings (SSSR count). The molecular weight excluding hydrogens is 337 g/mol. The normalized spacial score (nSPS) is 12.4. The van der Waals surface area contributed by atoms with Crippen LogP contribution in [0.25, 0.3) is 0 Å². The van der Waals surface area contributed by atoms with E-state index in [-0.39, 0.29) is 18.8 Å². The van der Waals surface area contributed by atoms with Crippen molar-refractivity contribution in [2.24, 2.45) is 0 Å². The van der Waals surface area contributed by atoms with Crippen molar-refractivity contribution in [3.8, 4) is 5.75 Å². The molecule has 2 aromatic carbocycles. The number of esters is 1. The number of anilines is 1. The van der Waals surface area contributed by atoms with Gasteiger partial charge in [0.15, 0.2) is 18.2 Å². The van der Waals surface area contributed by atoms with E-state index >= 15 is 0 Å². The van der Waals surface area contributed by atoms with E-state index in [1.807, 2.05) is 18.2 Å². The maximum absolute atomic E-state index is 13.6. The van der Waals surface area contributed by atoms with Gasteiger partial charge in [-0.1, -0.05) is 12.1 Å². The van der Waals surface area contributed by atoms with Gasteiger partial charge in [0, 0.05) is 5.69 Å². The first-order valence-electron chi connectivity index (χ1n) is 8.45. The summed E-state index contributed by atoms with van der Waals surface area (Å²) in [7, 11) is 1.37. The van der Waals surface area contributed by atoms with Crippen molar-refractivity contribution >= 4 is 17.6 Å². The Morgan fingerprint density at radius 1 is 1.12 bits per heavy atom. The summed E-state index contributed by atoms with van der Waals surface area (Å²) in [5.74, 6) is -1.45. The Morgan fingerprint density at radius 2 is 1.92 bits per heavy atom. The van der Waals surface area contributed by atoms with Gasteiger partial charge in [-0.2, -0.15) is 0 Å². The SMILES string of the molecule is COc1ccc(CC(=O)OCC(=O)Nc2ccc3c(c2)CCC3)cc1F. The molecule has 0 unspecified atom stereocenters. The zero-order chi connectivity index (χ0) is 18.5. The number of carbonyl (C=O) groups is 2. The monoisotopic (exact) mass is 357 g/mol. The molecule has 26 heavy (non-hydrogen) atoms. The molecule has 1 aliphatic carbocycles. The average molecular weight is 357 g/mol. The molecule has 1 aliphatic rings. The third-order valence-electron chi connectivity index (χ3n) is 4.31. The molecule has 0 saturated heterocycles. The van der Waals surface area contributed by atoms with E-state index in [2.05, 4.69) is 5.32 Å². The van der Waals surface area contributed by atoms with Crippen LogP contribution in [0, 0.1) is 5.82 Å². The van der Waals surface area contributed by atoms with Crippen molar-refractivity contribution < 1.29 is 23.5 Å². The topological polar surface area (TPSA) is 64.6 Å². The van der Waals surface area contributed by atoms with Gasteiger partial charge < -0.3 is 14.8 Å². The van der Waals surface area contributed by atoms with Crippen molar-refractivity contribution in [1.29, 1.82) is 0 Å². The molecule has 0 aliphatic heterocycles.